The number of piperidine rings is 1. The number of sulfonamides is 1. The summed E-state index contributed by atoms with van der Waals surface area (Å²) in [6.07, 6.45) is 3.07. The first-order valence-corrected chi connectivity index (χ1v) is 14.1. The van der Waals surface area contributed by atoms with Crippen LogP contribution in [0.2, 0.25) is 0 Å². The molecular formula is C23H32F3N7O2S. The smallest absolute Gasteiger partial charge is 0.316 e. The van der Waals surface area contributed by atoms with Crippen molar-refractivity contribution in [1.29, 1.82) is 0 Å². The third-order valence-electron chi connectivity index (χ3n) is 8.24. The van der Waals surface area contributed by atoms with Crippen LogP contribution in [0.3, 0.4) is 0 Å². The van der Waals surface area contributed by atoms with Gasteiger partial charge in [-0.1, -0.05) is 6.07 Å². The summed E-state index contributed by atoms with van der Waals surface area (Å²) in [4.78, 5) is -0.981. The van der Waals surface area contributed by atoms with Gasteiger partial charge in [0.2, 0.25) is 10.0 Å². The van der Waals surface area contributed by atoms with Crippen LogP contribution < -0.4 is 15.8 Å². The molecule has 13 heteroatoms. The molecule has 1 unspecified atom stereocenters. The number of benzene rings is 1. The van der Waals surface area contributed by atoms with Crippen molar-refractivity contribution in [3.63, 3.8) is 0 Å². The predicted molar refractivity (Wildman–Crippen MR) is 126 cm³/mol. The zero-order valence-corrected chi connectivity index (χ0v) is 20.7. The van der Waals surface area contributed by atoms with Gasteiger partial charge in [-0.2, -0.15) is 13.2 Å². The molecule has 3 fully saturated rings. The highest BCUT2D eigenvalue weighted by atomic mass is 32.2. The number of aromatic nitrogens is 4. The van der Waals surface area contributed by atoms with Crippen LogP contribution >= 0.6 is 0 Å². The van der Waals surface area contributed by atoms with E-state index in [0.717, 1.165) is 43.8 Å². The van der Waals surface area contributed by atoms with E-state index < -0.39 is 26.7 Å². The van der Waals surface area contributed by atoms with Gasteiger partial charge in [0, 0.05) is 17.6 Å². The standard InChI is InChI=1S/C23H32F3N7O2S/c24-23(25,26)19-8-7-18(20(21(19)36(27,34)35)22-30-32-33-31-22)13-1-4-16(5-2-13)29-17-6-3-15-12-28-10-9-14(15)11-17/h7-8,13-17,28-29H,1-6,9-12H2,(H2,27,34,35)(H,30,31,32,33)/t13-,14-,15+,16-,17?/m0/s1. The Morgan fingerprint density at radius 1 is 1.00 bits per heavy atom. The maximum atomic E-state index is 13.8. The van der Waals surface area contributed by atoms with Gasteiger partial charge in [0.15, 0.2) is 5.82 Å². The molecule has 0 radical (unpaired) electrons. The predicted octanol–water partition coefficient (Wildman–Crippen LogP) is 2.93. The van der Waals surface area contributed by atoms with Crippen LogP contribution in [-0.4, -0.2) is 54.2 Å². The van der Waals surface area contributed by atoms with Crippen molar-refractivity contribution in [3.05, 3.63) is 23.3 Å². The highest BCUT2D eigenvalue weighted by Gasteiger charge is 2.41. The van der Waals surface area contributed by atoms with Crippen molar-refractivity contribution < 1.29 is 21.6 Å². The van der Waals surface area contributed by atoms with Gasteiger partial charge in [-0.15, -0.1) is 5.10 Å². The molecule has 198 valence electrons. The molecule has 2 aromatic rings. The fourth-order valence-electron chi connectivity index (χ4n) is 6.55. The van der Waals surface area contributed by atoms with Gasteiger partial charge in [-0.25, -0.2) is 18.7 Å². The maximum Gasteiger partial charge on any atom is 0.417 e. The molecule has 1 aromatic carbocycles. The number of rotatable bonds is 5. The largest absolute Gasteiger partial charge is 0.417 e. The van der Waals surface area contributed by atoms with E-state index >= 15 is 0 Å². The summed E-state index contributed by atoms with van der Waals surface area (Å²) in [6.45, 7) is 2.22. The van der Waals surface area contributed by atoms with Crippen LogP contribution in [0.25, 0.3) is 11.4 Å². The summed E-state index contributed by atoms with van der Waals surface area (Å²) < 4.78 is 66.1. The first-order valence-electron chi connectivity index (χ1n) is 12.6. The highest BCUT2D eigenvalue weighted by Crippen LogP contribution is 2.45. The van der Waals surface area contributed by atoms with Gasteiger partial charge in [0.1, 0.15) is 4.90 Å². The minimum absolute atomic E-state index is 0.133. The molecule has 2 heterocycles. The van der Waals surface area contributed by atoms with E-state index in [1.165, 1.54) is 31.7 Å². The number of aromatic amines is 1. The number of halogens is 3. The molecule has 2 saturated carbocycles. The fraction of sp³-hybridized carbons (Fsp3) is 0.696. The van der Waals surface area contributed by atoms with E-state index in [-0.39, 0.29) is 17.3 Å². The molecule has 5 rings (SSSR count). The summed E-state index contributed by atoms with van der Waals surface area (Å²) in [5, 5.41) is 25.7. The average Bonchev–Trinajstić information content (AvgIpc) is 3.37. The Morgan fingerprint density at radius 2 is 1.75 bits per heavy atom. The minimum atomic E-state index is -4.91. The van der Waals surface area contributed by atoms with Gasteiger partial charge in [0.05, 0.1) is 5.56 Å². The number of nitrogens with zero attached hydrogens (tertiary/aromatic N) is 3. The molecule has 2 aliphatic carbocycles. The van der Waals surface area contributed by atoms with Gasteiger partial charge in [-0.05, 0) is 104 Å². The van der Waals surface area contributed by atoms with Crippen LogP contribution in [0.15, 0.2) is 17.0 Å². The second-order valence-electron chi connectivity index (χ2n) is 10.4. The van der Waals surface area contributed by atoms with Gasteiger partial charge >= 0.3 is 6.18 Å². The fourth-order valence-corrected chi connectivity index (χ4v) is 7.54. The zero-order valence-electron chi connectivity index (χ0n) is 19.9. The summed E-state index contributed by atoms with van der Waals surface area (Å²) in [7, 11) is -4.73. The number of nitrogens with two attached hydrogens (primary N) is 1. The average molecular weight is 528 g/mol. The number of tetrazole rings is 1. The molecule has 3 atom stereocenters. The second-order valence-corrected chi connectivity index (χ2v) is 11.9. The van der Waals surface area contributed by atoms with Crippen LogP contribution in [0, 0.1) is 11.8 Å². The summed E-state index contributed by atoms with van der Waals surface area (Å²) in [6, 6.07) is 3.00. The molecule has 0 bridgehead atoms. The molecule has 0 spiro atoms. The van der Waals surface area contributed by atoms with Crippen LogP contribution in [0.1, 0.15) is 68.4 Å². The number of H-pyrrole nitrogens is 1. The lowest BCUT2D eigenvalue weighted by molar-refractivity contribution is -0.139. The van der Waals surface area contributed by atoms with E-state index in [2.05, 4.69) is 31.3 Å². The Kier molecular flexibility index (Phi) is 7.09. The molecule has 5 N–H and O–H groups in total. The molecule has 36 heavy (non-hydrogen) atoms. The molecule has 9 nitrogen and oxygen atoms in total. The lowest BCUT2D eigenvalue weighted by atomic mass is 9.73. The minimum Gasteiger partial charge on any atom is -0.316 e. The second kappa shape index (κ2) is 9.99. The normalized spacial score (nSPS) is 29.6. The Balaban J connectivity index is 1.35. The Bertz CT molecular complexity index is 1170. The quantitative estimate of drug-likeness (QED) is 0.469. The van der Waals surface area contributed by atoms with Crippen LogP contribution in [-0.2, 0) is 16.2 Å². The molecule has 1 aliphatic heterocycles. The Morgan fingerprint density at radius 3 is 2.42 bits per heavy atom. The van der Waals surface area contributed by atoms with Crippen molar-refractivity contribution in [3.8, 4) is 11.4 Å². The van der Waals surface area contributed by atoms with Crippen molar-refractivity contribution in [2.24, 2.45) is 17.0 Å². The number of hydrogen-bond donors (Lipinski definition) is 4. The number of fused-ring (bicyclic) bond motifs is 1. The van der Waals surface area contributed by atoms with Gasteiger partial charge < -0.3 is 10.6 Å². The van der Waals surface area contributed by atoms with Crippen molar-refractivity contribution in [1.82, 2.24) is 31.3 Å². The topological polar surface area (TPSA) is 139 Å². The highest BCUT2D eigenvalue weighted by molar-refractivity contribution is 7.89. The molecular weight excluding hydrogens is 495 g/mol. The van der Waals surface area contributed by atoms with Gasteiger partial charge in [-0.3, -0.25) is 0 Å². The number of hydrogen-bond acceptors (Lipinski definition) is 7. The van der Waals surface area contributed by atoms with E-state index in [0.29, 0.717) is 30.5 Å². The van der Waals surface area contributed by atoms with E-state index in [1.807, 2.05) is 0 Å². The van der Waals surface area contributed by atoms with Crippen molar-refractivity contribution in [2.45, 2.75) is 80.4 Å². The first kappa shape index (κ1) is 25.6. The molecule has 1 saturated heterocycles. The summed E-state index contributed by atoms with van der Waals surface area (Å²) in [5.74, 6) is 1.28. The lowest BCUT2D eigenvalue weighted by Gasteiger charge is -2.42. The Labute approximate surface area is 208 Å². The third kappa shape index (κ3) is 5.29. The monoisotopic (exact) mass is 527 g/mol. The SMILES string of the molecule is NS(=O)(=O)c1c(C(F)(F)F)ccc([C@H]2CC[C@H](NC3CC[C@@H]4CNCC[C@H]4C3)CC2)c1-c1nnn[nH]1. The molecule has 1 aromatic heterocycles. The number of alkyl halides is 3. The summed E-state index contributed by atoms with van der Waals surface area (Å²) in [5.41, 5.74) is -1.03. The first-order chi connectivity index (χ1) is 17.1. The maximum absolute atomic E-state index is 13.8. The van der Waals surface area contributed by atoms with E-state index in [4.69, 9.17) is 5.14 Å². The Hall–Kier alpha value is -2.09. The number of primary sulfonamides is 1. The summed E-state index contributed by atoms with van der Waals surface area (Å²) >= 11 is 0. The van der Waals surface area contributed by atoms with E-state index in [9.17, 15) is 21.6 Å². The van der Waals surface area contributed by atoms with Crippen LogP contribution in [0.5, 0.6) is 0 Å². The number of nitrogens with one attached hydrogen (secondary N) is 3. The zero-order chi connectivity index (χ0) is 25.5. The third-order valence-corrected chi connectivity index (χ3v) is 9.23. The van der Waals surface area contributed by atoms with Gasteiger partial charge in [0.25, 0.3) is 0 Å². The molecule has 0 amide bonds. The van der Waals surface area contributed by atoms with E-state index in [1.54, 1.807) is 0 Å². The van der Waals surface area contributed by atoms with Crippen molar-refractivity contribution in [2.75, 3.05) is 13.1 Å². The van der Waals surface area contributed by atoms with Crippen LogP contribution in [0.4, 0.5) is 13.2 Å². The lowest BCUT2D eigenvalue weighted by Crippen LogP contribution is -2.48. The van der Waals surface area contributed by atoms with Crippen molar-refractivity contribution >= 4 is 10.0 Å². The molecule has 3 aliphatic rings.